The number of hydrogen-bond acceptors (Lipinski definition) is 5. The van der Waals surface area contributed by atoms with Gasteiger partial charge in [0.2, 0.25) is 6.79 Å². The highest BCUT2D eigenvalue weighted by Crippen LogP contribution is 2.37. The molecule has 0 unspecified atom stereocenters. The standard InChI is InChI=1S/C19H24N2O5/c1-4-12(5-2)9-24-18(22)16-11(3)20-19(23)21-17(16)13-6-7-14-15(8-13)26-10-25-14/h6-8,12,17H,4-5,9-10H2,1-3H3,(H2,20,21,23)/t17-/m1/s1. The SMILES string of the molecule is CCC(CC)COC(=O)C1=C(C)NC(=O)N[C@@H]1c1ccc2c(c1)OCO2. The fourth-order valence-corrected chi connectivity index (χ4v) is 3.10. The number of nitrogens with one attached hydrogen (secondary N) is 2. The van der Waals surface area contributed by atoms with E-state index in [2.05, 4.69) is 24.5 Å². The molecule has 0 saturated carbocycles. The zero-order valence-corrected chi connectivity index (χ0v) is 15.3. The molecule has 0 radical (unpaired) electrons. The van der Waals surface area contributed by atoms with Crippen molar-refractivity contribution in [2.45, 2.75) is 39.7 Å². The van der Waals surface area contributed by atoms with Gasteiger partial charge in [-0.1, -0.05) is 32.8 Å². The summed E-state index contributed by atoms with van der Waals surface area (Å²) >= 11 is 0. The molecule has 2 heterocycles. The van der Waals surface area contributed by atoms with Gasteiger partial charge in [0.25, 0.3) is 0 Å². The lowest BCUT2D eigenvalue weighted by atomic mass is 9.95. The van der Waals surface area contributed by atoms with Crippen LogP contribution < -0.4 is 20.1 Å². The zero-order valence-electron chi connectivity index (χ0n) is 15.3. The largest absolute Gasteiger partial charge is 0.462 e. The van der Waals surface area contributed by atoms with Crippen molar-refractivity contribution in [3.63, 3.8) is 0 Å². The van der Waals surface area contributed by atoms with Gasteiger partial charge in [0.05, 0.1) is 18.2 Å². The van der Waals surface area contributed by atoms with E-state index in [1.54, 1.807) is 19.1 Å². The lowest BCUT2D eigenvalue weighted by molar-refractivity contribution is -0.141. The minimum Gasteiger partial charge on any atom is -0.462 e. The normalized spacial score (nSPS) is 18.6. The summed E-state index contributed by atoms with van der Waals surface area (Å²) in [5, 5.41) is 5.45. The fourth-order valence-electron chi connectivity index (χ4n) is 3.10. The quantitative estimate of drug-likeness (QED) is 0.762. The smallest absolute Gasteiger partial charge is 0.338 e. The van der Waals surface area contributed by atoms with E-state index < -0.39 is 12.0 Å². The van der Waals surface area contributed by atoms with Crippen LogP contribution in [-0.2, 0) is 9.53 Å². The summed E-state index contributed by atoms with van der Waals surface area (Å²) < 4.78 is 16.3. The van der Waals surface area contributed by atoms with Crippen LogP contribution in [0.4, 0.5) is 4.79 Å². The van der Waals surface area contributed by atoms with Gasteiger partial charge < -0.3 is 24.8 Å². The summed E-state index contributed by atoms with van der Waals surface area (Å²) in [5.74, 6) is 1.14. The second-order valence-corrected chi connectivity index (χ2v) is 6.46. The summed E-state index contributed by atoms with van der Waals surface area (Å²) in [6.45, 7) is 6.38. The number of benzene rings is 1. The number of allylic oxidation sites excluding steroid dienone is 1. The van der Waals surface area contributed by atoms with E-state index in [4.69, 9.17) is 14.2 Å². The molecule has 2 aliphatic rings. The monoisotopic (exact) mass is 360 g/mol. The van der Waals surface area contributed by atoms with Crippen LogP contribution in [0.15, 0.2) is 29.5 Å². The number of esters is 1. The molecule has 0 spiro atoms. The van der Waals surface area contributed by atoms with Gasteiger partial charge in [-0.3, -0.25) is 0 Å². The first-order valence-electron chi connectivity index (χ1n) is 8.88. The van der Waals surface area contributed by atoms with E-state index in [9.17, 15) is 9.59 Å². The lowest BCUT2D eigenvalue weighted by Gasteiger charge is -2.28. The maximum absolute atomic E-state index is 12.7. The molecule has 0 aromatic heterocycles. The van der Waals surface area contributed by atoms with E-state index >= 15 is 0 Å². The van der Waals surface area contributed by atoms with Gasteiger partial charge in [-0.15, -0.1) is 0 Å². The van der Waals surface area contributed by atoms with Crippen molar-refractivity contribution >= 4 is 12.0 Å². The average molecular weight is 360 g/mol. The van der Waals surface area contributed by atoms with Gasteiger partial charge in [0.15, 0.2) is 11.5 Å². The molecule has 1 atom stereocenters. The highest BCUT2D eigenvalue weighted by Gasteiger charge is 2.33. The molecular formula is C19H24N2O5. The Hall–Kier alpha value is -2.70. The number of ether oxygens (including phenoxy) is 3. The van der Waals surface area contributed by atoms with E-state index in [-0.39, 0.29) is 12.8 Å². The Labute approximate surface area is 152 Å². The Bertz CT molecular complexity index is 739. The summed E-state index contributed by atoms with van der Waals surface area (Å²) in [6.07, 6.45) is 1.89. The van der Waals surface area contributed by atoms with Gasteiger partial charge in [-0.05, 0) is 30.5 Å². The van der Waals surface area contributed by atoms with Crippen LogP contribution in [0, 0.1) is 5.92 Å². The van der Waals surface area contributed by atoms with Gasteiger partial charge >= 0.3 is 12.0 Å². The fraction of sp³-hybridized carbons (Fsp3) is 0.474. The van der Waals surface area contributed by atoms with E-state index in [1.807, 2.05) is 6.07 Å². The predicted molar refractivity (Wildman–Crippen MR) is 94.7 cm³/mol. The van der Waals surface area contributed by atoms with Crippen molar-refractivity contribution in [1.82, 2.24) is 10.6 Å². The van der Waals surface area contributed by atoms with E-state index in [0.717, 1.165) is 18.4 Å². The van der Waals surface area contributed by atoms with Crippen LogP contribution in [0.3, 0.4) is 0 Å². The third kappa shape index (κ3) is 3.61. The molecule has 140 valence electrons. The third-order valence-electron chi connectivity index (χ3n) is 4.82. The maximum atomic E-state index is 12.7. The van der Waals surface area contributed by atoms with Crippen LogP contribution in [0.5, 0.6) is 11.5 Å². The number of hydrogen-bond donors (Lipinski definition) is 2. The molecule has 3 rings (SSSR count). The predicted octanol–water partition coefficient (Wildman–Crippen LogP) is 3.02. The van der Waals surface area contributed by atoms with E-state index in [0.29, 0.717) is 35.3 Å². The first-order valence-corrected chi connectivity index (χ1v) is 8.88. The second-order valence-electron chi connectivity index (χ2n) is 6.46. The van der Waals surface area contributed by atoms with Gasteiger partial charge in [-0.2, -0.15) is 0 Å². The van der Waals surface area contributed by atoms with Crippen molar-refractivity contribution in [1.29, 1.82) is 0 Å². The number of fused-ring (bicyclic) bond motifs is 1. The molecular weight excluding hydrogens is 336 g/mol. The molecule has 2 amide bonds. The van der Waals surface area contributed by atoms with Crippen molar-refractivity contribution in [2.24, 2.45) is 5.92 Å². The lowest BCUT2D eigenvalue weighted by Crippen LogP contribution is -2.45. The number of carbonyl (C=O) groups excluding carboxylic acids is 2. The Morgan fingerprint density at radius 1 is 1.27 bits per heavy atom. The van der Waals surface area contributed by atoms with Gasteiger partial charge in [0.1, 0.15) is 0 Å². The number of carbonyl (C=O) groups is 2. The molecule has 7 heteroatoms. The third-order valence-corrected chi connectivity index (χ3v) is 4.82. The topological polar surface area (TPSA) is 85.9 Å². The molecule has 0 fully saturated rings. The van der Waals surface area contributed by atoms with Crippen molar-refractivity contribution in [2.75, 3.05) is 13.4 Å². The van der Waals surface area contributed by atoms with Crippen molar-refractivity contribution in [3.8, 4) is 11.5 Å². The Morgan fingerprint density at radius 3 is 2.73 bits per heavy atom. The summed E-state index contributed by atoms with van der Waals surface area (Å²) in [7, 11) is 0. The molecule has 2 aliphatic heterocycles. The maximum Gasteiger partial charge on any atom is 0.338 e. The molecule has 0 bridgehead atoms. The van der Waals surface area contributed by atoms with Crippen molar-refractivity contribution < 1.29 is 23.8 Å². The Kier molecular flexibility index (Phi) is 5.35. The average Bonchev–Trinajstić information content (AvgIpc) is 3.09. The molecule has 7 nitrogen and oxygen atoms in total. The second kappa shape index (κ2) is 7.68. The molecule has 1 aromatic carbocycles. The molecule has 26 heavy (non-hydrogen) atoms. The van der Waals surface area contributed by atoms with Gasteiger partial charge in [-0.25, -0.2) is 9.59 Å². The van der Waals surface area contributed by atoms with Crippen LogP contribution >= 0.6 is 0 Å². The Balaban J connectivity index is 1.86. The molecule has 0 saturated heterocycles. The van der Waals surface area contributed by atoms with Crippen LogP contribution in [-0.4, -0.2) is 25.4 Å². The van der Waals surface area contributed by atoms with Crippen LogP contribution in [0.25, 0.3) is 0 Å². The highest BCUT2D eigenvalue weighted by molar-refractivity contribution is 5.95. The summed E-state index contributed by atoms with van der Waals surface area (Å²) in [5.41, 5.74) is 1.62. The number of urea groups is 1. The molecule has 2 N–H and O–H groups in total. The van der Waals surface area contributed by atoms with Crippen LogP contribution in [0.2, 0.25) is 0 Å². The first kappa shape index (κ1) is 18.1. The zero-order chi connectivity index (χ0) is 18.7. The highest BCUT2D eigenvalue weighted by atomic mass is 16.7. The number of rotatable bonds is 6. The van der Waals surface area contributed by atoms with E-state index in [1.165, 1.54) is 0 Å². The van der Waals surface area contributed by atoms with Crippen LogP contribution in [0.1, 0.15) is 45.2 Å². The molecule has 1 aromatic rings. The molecule has 0 aliphatic carbocycles. The summed E-state index contributed by atoms with van der Waals surface area (Å²) in [6, 6.07) is 4.40. The summed E-state index contributed by atoms with van der Waals surface area (Å²) in [4.78, 5) is 24.7. The Morgan fingerprint density at radius 2 is 2.00 bits per heavy atom. The minimum absolute atomic E-state index is 0.163. The van der Waals surface area contributed by atoms with Gasteiger partial charge in [0, 0.05) is 5.70 Å². The first-order chi connectivity index (χ1) is 12.5. The number of amides is 2. The van der Waals surface area contributed by atoms with Crippen molar-refractivity contribution in [3.05, 3.63) is 35.0 Å². The minimum atomic E-state index is -0.604.